The zero-order chi connectivity index (χ0) is 22.2. The first-order valence-electron chi connectivity index (χ1n) is 10.4. The Morgan fingerprint density at radius 2 is 1.75 bits per heavy atom. The van der Waals surface area contributed by atoms with E-state index < -0.39 is 23.7 Å². The van der Waals surface area contributed by atoms with Crippen LogP contribution in [0.5, 0.6) is 0 Å². The molecule has 0 bridgehead atoms. The third kappa shape index (κ3) is 3.54. The van der Waals surface area contributed by atoms with E-state index in [4.69, 9.17) is 0 Å². The summed E-state index contributed by atoms with van der Waals surface area (Å²) in [6, 6.07) is 21.9. The average Bonchev–Trinajstić information content (AvgIpc) is 3.21. The predicted octanol–water partition coefficient (Wildman–Crippen LogP) is 6.20. The second-order valence-corrected chi connectivity index (χ2v) is 7.93. The standard InChI is InChI=1S/C26H21F2N3O/c1-17-8-10-18(11-9-17)25-24-7-4-14-30(24)23-6-3-2-5-19(23)16-31(25)26(32)29-22-15-20(27)12-13-21(22)28/h2-15,25H,16H2,1H3,(H,29,32)/t25-/m0/s1. The number of nitrogens with one attached hydrogen (secondary N) is 1. The van der Waals surface area contributed by atoms with Gasteiger partial charge in [0, 0.05) is 18.0 Å². The summed E-state index contributed by atoms with van der Waals surface area (Å²) in [5.41, 5.74) is 4.70. The lowest BCUT2D eigenvalue weighted by Crippen LogP contribution is -2.38. The maximum atomic E-state index is 14.3. The van der Waals surface area contributed by atoms with Gasteiger partial charge in [-0.25, -0.2) is 13.6 Å². The molecule has 4 aromatic rings. The Hall–Kier alpha value is -3.93. The number of urea groups is 1. The van der Waals surface area contributed by atoms with Crippen LogP contribution in [-0.4, -0.2) is 15.5 Å². The fourth-order valence-electron chi connectivity index (χ4n) is 4.22. The van der Waals surface area contributed by atoms with E-state index in [0.717, 1.165) is 46.3 Å². The summed E-state index contributed by atoms with van der Waals surface area (Å²) >= 11 is 0. The molecule has 1 aromatic heterocycles. The molecular weight excluding hydrogens is 408 g/mol. The largest absolute Gasteiger partial charge is 0.323 e. The Balaban J connectivity index is 1.63. The number of anilines is 1. The number of nitrogens with zero attached hydrogens (tertiary/aromatic N) is 2. The molecule has 0 fully saturated rings. The topological polar surface area (TPSA) is 37.3 Å². The molecule has 4 nitrogen and oxygen atoms in total. The van der Waals surface area contributed by atoms with Crippen LogP contribution in [0.2, 0.25) is 0 Å². The van der Waals surface area contributed by atoms with Crippen LogP contribution in [0.4, 0.5) is 19.3 Å². The monoisotopic (exact) mass is 429 g/mol. The normalized spacial score (nSPS) is 15.0. The van der Waals surface area contributed by atoms with Crippen molar-refractivity contribution in [2.45, 2.75) is 19.5 Å². The highest BCUT2D eigenvalue weighted by Gasteiger charge is 2.33. The molecule has 160 valence electrons. The number of aryl methyl sites for hydroxylation is 1. The molecule has 0 saturated carbocycles. The highest BCUT2D eigenvalue weighted by molar-refractivity contribution is 5.90. The predicted molar refractivity (Wildman–Crippen MR) is 120 cm³/mol. The number of para-hydroxylation sites is 1. The number of carbonyl (C=O) groups excluding carboxylic acids is 1. The van der Waals surface area contributed by atoms with E-state index in [-0.39, 0.29) is 5.69 Å². The van der Waals surface area contributed by atoms with Crippen molar-refractivity contribution in [2.24, 2.45) is 0 Å². The SMILES string of the molecule is Cc1ccc([C@H]2c3cccn3-c3ccccc3CN2C(=O)Nc2cc(F)ccc2F)cc1. The Kier molecular flexibility index (Phi) is 4.98. The maximum Gasteiger partial charge on any atom is 0.323 e. The van der Waals surface area contributed by atoms with Gasteiger partial charge in [-0.3, -0.25) is 0 Å². The van der Waals surface area contributed by atoms with Gasteiger partial charge in [0.2, 0.25) is 0 Å². The molecule has 3 aromatic carbocycles. The van der Waals surface area contributed by atoms with Crippen molar-refractivity contribution in [3.8, 4) is 5.69 Å². The van der Waals surface area contributed by atoms with E-state index in [9.17, 15) is 13.6 Å². The first-order chi connectivity index (χ1) is 15.5. The van der Waals surface area contributed by atoms with E-state index in [1.807, 2.05) is 73.8 Å². The van der Waals surface area contributed by atoms with Crippen molar-refractivity contribution in [3.63, 3.8) is 0 Å². The fraction of sp³-hybridized carbons (Fsp3) is 0.115. The number of carbonyl (C=O) groups is 1. The summed E-state index contributed by atoms with van der Waals surface area (Å²) in [5, 5.41) is 2.58. The number of rotatable bonds is 2. The summed E-state index contributed by atoms with van der Waals surface area (Å²) in [7, 11) is 0. The van der Waals surface area contributed by atoms with Crippen molar-refractivity contribution in [1.29, 1.82) is 0 Å². The van der Waals surface area contributed by atoms with E-state index in [0.29, 0.717) is 6.54 Å². The van der Waals surface area contributed by atoms with Crippen molar-refractivity contribution < 1.29 is 13.6 Å². The molecule has 0 radical (unpaired) electrons. The Bertz CT molecular complexity index is 1300. The Morgan fingerprint density at radius 1 is 0.969 bits per heavy atom. The number of amides is 2. The van der Waals surface area contributed by atoms with Crippen LogP contribution in [0, 0.1) is 18.6 Å². The number of aromatic nitrogens is 1. The van der Waals surface area contributed by atoms with E-state index in [1.165, 1.54) is 0 Å². The molecule has 1 N–H and O–H groups in total. The van der Waals surface area contributed by atoms with Crippen molar-refractivity contribution >= 4 is 11.7 Å². The van der Waals surface area contributed by atoms with Gasteiger partial charge in [0.1, 0.15) is 11.6 Å². The fourth-order valence-corrected chi connectivity index (χ4v) is 4.22. The first kappa shape index (κ1) is 20.0. The number of hydrogen-bond acceptors (Lipinski definition) is 1. The molecule has 2 amide bonds. The van der Waals surface area contributed by atoms with Gasteiger partial charge in [-0.1, -0.05) is 48.0 Å². The van der Waals surface area contributed by atoms with Crippen molar-refractivity contribution in [3.05, 3.63) is 119 Å². The van der Waals surface area contributed by atoms with E-state index in [1.54, 1.807) is 4.90 Å². The van der Waals surface area contributed by atoms with Crippen molar-refractivity contribution in [1.82, 2.24) is 9.47 Å². The minimum absolute atomic E-state index is 0.189. The Morgan fingerprint density at radius 3 is 2.56 bits per heavy atom. The zero-order valence-electron chi connectivity index (χ0n) is 17.4. The molecule has 0 saturated heterocycles. The summed E-state index contributed by atoms with van der Waals surface area (Å²) < 4.78 is 30.0. The third-order valence-corrected chi connectivity index (χ3v) is 5.79. The molecule has 5 rings (SSSR count). The van der Waals surface area contributed by atoms with Crippen LogP contribution in [0.1, 0.15) is 28.4 Å². The molecule has 32 heavy (non-hydrogen) atoms. The lowest BCUT2D eigenvalue weighted by Gasteiger charge is -2.31. The zero-order valence-corrected chi connectivity index (χ0v) is 17.4. The summed E-state index contributed by atoms with van der Waals surface area (Å²) in [6.45, 7) is 2.31. The smallest absolute Gasteiger partial charge is 0.318 e. The van der Waals surface area contributed by atoms with Crippen LogP contribution >= 0.6 is 0 Å². The molecule has 1 aliphatic heterocycles. The van der Waals surface area contributed by atoms with Gasteiger partial charge in [-0.15, -0.1) is 0 Å². The molecule has 0 spiro atoms. The van der Waals surface area contributed by atoms with Gasteiger partial charge in [-0.2, -0.15) is 0 Å². The second-order valence-electron chi connectivity index (χ2n) is 7.93. The van der Waals surface area contributed by atoms with Gasteiger partial charge in [0.05, 0.1) is 24.0 Å². The molecule has 1 aliphatic rings. The van der Waals surface area contributed by atoms with Crippen LogP contribution in [0.25, 0.3) is 5.69 Å². The third-order valence-electron chi connectivity index (χ3n) is 5.79. The van der Waals surface area contributed by atoms with Crippen LogP contribution in [-0.2, 0) is 6.54 Å². The number of benzene rings is 3. The minimum atomic E-state index is -0.690. The van der Waals surface area contributed by atoms with Crippen molar-refractivity contribution in [2.75, 3.05) is 5.32 Å². The van der Waals surface area contributed by atoms with E-state index in [2.05, 4.69) is 9.88 Å². The van der Waals surface area contributed by atoms with Crippen LogP contribution < -0.4 is 5.32 Å². The molecule has 0 unspecified atom stereocenters. The van der Waals surface area contributed by atoms with Gasteiger partial charge in [-0.05, 0) is 48.4 Å². The van der Waals surface area contributed by atoms with Gasteiger partial charge >= 0.3 is 6.03 Å². The summed E-state index contributed by atoms with van der Waals surface area (Å²) in [5.74, 6) is -1.31. The van der Waals surface area contributed by atoms with Gasteiger partial charge < -0.3 is 14.8 Å². The van der Waals surface area contributed by atoms with Crippen LogP contribution in [0.3, 0.4) is 0 Å². The minimum Gasteiger partial charge on any atom is -0.318 e. The lowest BCUT2D eigenvalue weighted by atomic mass is 10.0. The maximum absolute atomic E-state index is 14.3. The molecule has 1 atom stereocenters. The van der Waals surface area contributed by atoms with Gasteiger partial charge in [0.25, 0.3) is 0 Å². The molecular formula is C26H21F2N3O. The highest BCUT2D eigenvalue weighted by Crippen LogP contribution is 2.37. The average molecular weight is 429 g/mol. The molecule has 0 aliphatic carbocycles. The van der Waals surface area contributed by atoms with Gasteiger partial charge in [0.15, 0.2) is 0 Å². The first-order valence-corrected chi connectivity index (χ1v) is 10.4. The Labute approximate surface area is 184 Å². The molecule has 2 heterocycles. The number of hydrogen-bond donors (Lipinski definition) is 1. The highest BCUT2D eigenvalue weighted by atomic mass is 19.1. The summed E-state index contributed by atoms with van der Waals surface area (Å²) in [6.07, 6.45) is 1.98. The summed E-state index contributed by atoms with van der Waals surface area (Å²) in [4.78, 5) is 15.2. The quantitative estimate of drug-likeness (QED) is 0.405. The van der Waals surface area contributed by atoms with E-state index >= 15 is 0 Å². The van der Waals surface area contributed by atoms with Crippen LogP contribution in [0.15, 0.2) is 85.1 Å². The molecule has 6 heteroatoms. The second kappa shape index (κ2) is 7.96. The number of halogens is 2. The lowest BCUT2D eigenvalue weighted by molar-refractivity contribution is 0.194. The number of fused-ring (bicyclic) bond motifs is 3.